The summed E-state index contributed by atoms with van der Waals surface area (Å²) in [5.74, 6) is 0.270. The molecule has 2 heteroatoms. The quantitative estimate of drug-likeness (QED) is 0.759. The van der Waals surface area contributed by atoms with Crippen LogP contribution >= 0.6 is 15.9 Å². The predicted molar refractivity (Wildman–Crippen MR) is 50.5 cm³/mol. The number of hydrogen-bond acceptors (Lipinski definition) is 1. The average molecular weight is 213 g/mol. The average Bonchev–Trinajstić information content (AvgIpc) is 1.85. The molecule has 11 heavy (non-hydrogen) atoms. The summed E-state index contributed by atoms with van der Waals surface area (Å²) >= 11 is 3.26. The number of phenolic OH excluding ortho intramolecular Hbond substituents is 1. The van der Waals surface area contributed by atoms with E-state index in [9.17, 15) is 5.11 Å². The molecule has 0 aliphatic carbocycles. The second-order valence-electron chi connectivity index (χ2n) is 2.44. The van der Waals surface area contributed by atoms with E-state index >= 15 is 0 Å². The van der Waals surface area contributed by atoms with Gasteiger partial charge in [-0.25, -0.2) is 0 Å². The van der Waals surface area contributed by atoms with Crippen LogP contribution in [0.1, 0.15) is 12.5 Å². The highest BCUT2D eigenvalue weighted by atomic mass is 79.9. The number of benzene rings is 1. The predicted octanol–water partition coefficient (Wildman–Crippen LogP) is 3.19. The SMILES string of the molecule is C=C(C)c1ccc(Br)cc1O. The fraction of sp³-hybridized carbons (Fsp3) is 0.111. The second-order valence-corrected chi connectivity index (χ2v) is 3.36. The molecule has 0 amide bonds. The van der Waals surface area contributed by atoms with Crippen molar-refractivity contribution in [3.63, 3.8) is 0 Å². The number of phenols is 1. The van der Waals surface area contributed by atoms with E-state index in [1.165, 1.54) is 0 Å². The van der Waals surface area contributed by atoms with Gasteiger partial charge in [0.05, 0.1) is 0 Å². The maximum Gasteiger partial charge on any atom is 0.124 e. The molecule has 1 N–H and O–H groups in total. The number of allylic oxidation sites excluding steroid dienone is 1. The van der Waals surface area contributed by atoms with Crippen LogP contribution in [0.3, 0.4) is 0 Å². The first kappa shape index (κ1) is 8.34. The van der Waals surface area contributed by atoms with Crippen LogP contribution in [0.2, 0.25) is 0 Å². The largest absolute Gasteiger partial charge is 0.507 e. The lowest BCUT2D eigenvalue weighted by Gasteiger charge is -2.02. The maximum absolute atomic E-state index is 9.37. The summed E-state index contributed by atoms with van der Waals surface area (Å²) in [5, 5.41) is 9.37. The van der Waals surface area contributed by atoms with Crippen LogP contribution < -0.4 is 0 Å². The van der Waals surface area contributed by atoms with Crippen LogP contribution in [-0.4, -0.2) is 5.11 Å². The van der Waals surface area contributed by atoms with Crippen molar-refractivity contribution >= 4 is 21.5 Å². The summed E-state index contributed by atoms with van der Waals surface area (Å²) in [4.78, 5) is 0. The van der Waals surface area contributed by atoms with E-state index in [0.717, 1.165) is 15.6 Å². The Morgan fingerprint density at radius 3 is 2.64 bits per heavy atom. The minimum Gasteiger partial charge on any atom is -0.507 e. The summed E-state index contributed by atoms with van der Waals surface area (Å²) in [6.07, 6.45) is 0. The van der Waals surface area contributed by atoms with Crippen molar-refractivity contribution < 1.29 is 5.11 Å². The lowest BCUT2D eigenvalue weighted by atomic mass is 10.1. The first-order valence-electron chi connectivity index (χ1n) is 3.25. The van der Waals surface area contributed by atoms with Crippen molar-refractivity contribution in [3.05, 3.63) is 34.8 Å². The van der Waals surface area contributed by atoms with Crippen LogP contribution in [0.4, 0.5) is 0 Å². The smallest absolute Gasteiger partial charge is 0.124 e. The Balaban J connectivity index is 3.20. The molecule has 1 aromatic rings. The van der Waals surface area contributed by atoms with Crippen LogP contribution in [0.15, 0.2) is 29.3 Å². The standard InChI is InChI=1S/C9H9BrO/c1-6(2)8-4-3-7(10)5-9(8)11/h3-5,11H,1H2,2H3. The highest BCUT2D eigenvalue weighted by Crippen LogP contribution is 2.26. The van der Waals surface area contributed by atoms with Gasteiger partial charge >= 0.3 is 0 Å². The van der Waals surface area contributed by atoms with E-state index in [4.69, 9.17) is 0 Å². The van der Waals surface area contributed by atoms with E-state index in [1.54, 1.807) is 6.07 Å². The molecule has 1 nitrogen and oxygen atoms in total. The summed E-state index contributed by atoms with van der Waals surface area (Å²) in [5.41, 5.74) is 1.67. The van der Waals surface area contributed by atoms with Crippen molar-refractivity contribution in [2.75, 3.05) is 0 Å². The molecule has 0 spiro atoms. The van der Waals surface area contributed by atoms with Crippen molar-refractivity contribution in [2.45, 2.75) is 6.92 Å². The summed E-state index contributed by atoms with van der Waals surface area (Å²) < 4.78 is 0.875. The molecule has 0 aromatic heterocycles. The van der Waals surface area contributed by atoms with Crippen LogP contribution in [0.5, 0.6) is 5.75 Å². The molecule has 0 bridgehead atoms. The van der Waals surface area contributed by atoms with Crippen molar-refractivity contribution in [3.8, 4) is 5.75 Å². The summed E-state index contributed by atoms with van der Waals surface area (Å²) in [6, 6.07) is 5.37. The van der Waals surface area contributed by atoms with Gasteiger partial charge in [-0.2, -0.15) is 0 Å². The van der Waals surface area contributed by atoms with Crippen LogP contribution in [-0.2, 0) is 0 Å². The number of halogens is 1. The minimum atomic E-state index is 0.270. The molecule has 1 aromatic carbocycles. The highest BCUT2D eigenvalue weighted by Gasteiger charge is 2.00. The minimum absolute atomic E-state index is 0.270. The zero-order valence-electron chi connectivity index (χ0n) is 6.26. The molecule has 0 saturated heterocycles. The third-order valence-electron chi connectivity index (χ3n) is 1.42. The molecule has 1 rings (SSSR count). The molecule has 0 fully saturated rings. The van der Waals surface area contributed by atoms with Gasteiger partial charge in [0.15, 0.2) is 0 Å². The topological polar surface area (TPSA) is 20.2 Å². The molecule has 0 radical (unpaired) electrons. The van der Waals surface area contributed by atoms with Crippen molar-refractivity contribution in [1.29, 1.82) is 0 Å². The lowest BCUT2D eigenvalue weighted by molar-refractivity contribution is 0.473. The fourth-order valence-corrected chi connectivity index (χ4v) is 1.21. The van der Waals surface area contributed by atoms with Gasteiger partial charge in [-0.15, -0.1) is 0 Å². The molecule has 0 saturated carbocycles. The Morgan fingerprint density at radius 1 is 1.55 bits per heavy atom. The molecule has 0 aliphatic rings. The molecular weight excluding hydrogens is 204 g/mol. The number of aromatic hydroxyl groups is 1. The highest BCUT2D eigenvalue weighted by molar-refractivity contribution is 9.10. The van der Waals surface area contributed by atoms with E-state index in [1.807, 2.05) is 19.1 Å². The van der Waals surface area contributed by atoms with Gasteiger partial charge in [-0.3, -0.25) is 0 Å². The van der Waals surface area contributed by atoms with Crippen LogP contribution in [0.25, 0.3) is 5.57 Å². The Morgan fingerprint density at radius 2 is 2.18 bits per heavy atom. The van der Waals surface area contributed by atoms with E-state index in [-0.39, 0.29) is 5.75 Å². The van der Waals surface area contributed by atoms with E-state index in [2.05, 4.69) is 22.5 Å². The third kappa shape index (κ3) is 1.84. The maximum atomic E-state index is 9.37. The van der Waals surface area contributed by atoms with Crippen LogP contribution in [0, 0.1) is 0 Å². The molecule has 58 valence electrons. The van der Waals surface area contributed by atoms with Crippen molar-refractivity contribution in [1.82, 2.24) is 0 Å². The van der Waals surface area contributed by atoms with Gasteiger partial charge in [0, 0.05) is 10.0 Å². The third-order valence-corrected chi connectivity index (χ3v) is 1.91. The van der Waals surface area contributed by atoms with E-state index < -0.39 is 0 Å². The van der Waals surface area contributed by atoms with Gasteiger partial charge in [0.2, 0.25) is 0 Å². The number of hydrogen-bond donors (Lipinski definition) is 1. The first-order valence-corrected chi connectivity index (χ1v) is 4.05. The van der Waals surface area contributed by atoms with Gasteiger partial charge in [0.25, 0.3) is 0 Å². The first-order chi connectivity index (χ1) is 5.11. The molecule has 0 atom stereocenters. The van der Waals surface area contributed by atoms with Gasteiger partial charge in [-0.1, -0.05) is 22.5 Å². The Labute approximate surface area is 74.5 Å². The Kier molecular flexibility index (Phi) is 2.35. The van der Waals surface area contributed by atoms with E-state index in [0.29, 0.717) is 0 Å². The van der Waals surface area contributed by atoms with Gasteiger partial charge in [0.1, 0.15) is 5.75 Å². The normalized spacial score (nSPS) is 9.64. The molecular formula is C9H9BrO. The molecule has 0 unspecified atom stereocenters. The Hall–Kier alpha value is -0.760. The summed E-state index contributed by atoms with van der Waals surface area (Å²) in [7, 11) is 0. The zero-order valence-corrected chi connectivity index (χ0v) is 7.85. The molecule has 0 heterocycles. The second kappa shape index (κ2) is 3.09. The monoisotopic (exact) mass is 212 g/mol. The summed E-state index contributed by atoms with van der Waals surface area (Å²) in [6.45, 7) is 5.60. The Bertz CT molecular complexity index is 292. The zero-order chi connectivity index (χ0) is 8.43. The number of rotatable bonds is 1. The fourth-order valence-electron chi connectivity index (χ4n) is 0.866. The van der Waals surface area contributed by atoms with Gasteiger partial charge < -0.3 is 5.11 Å². The lowest BCUT2D eigenvalue weighted by Crippen LogP contribution is -1.78. The molecule has 0 aliphatic heterocycles. The van der Waals surface area contributed by atoms with Gasteiger partial charge in [-0.05, 0) is 30.7 Å². The van der Waals surface area contributed by atoms with Crippen molar-refractivity contribution in [2.24, 2.45) is 0 Å².